The molecule has 8 heteroatoms. The van der Waals surface area contributed by atoms with Gasteiger partial charge >= 0.3 is 0 Å². The van der Waals surface area contributed by atoms with Crippen molar-refractivity contribution in [2.75, 3.05) is 6.79 Å². The fraction of sp³-hybridized carbons (Fsp3) is 0.286. The molecular weight excluding hydrogens is 388 g/mol. The van der Waals surface area contributed by atoms with Gasteiger partial charge in [-0.1, -0.05) is 30.0 Å². The first kappa shape index (κ1) is 19.3. The van der Waals surface area contributed by atoms with Crippen molar-refractivity contribution in [1.29, 1.82) is 0 Å². The van der Waals surface area contributed by atoms with Gasteiger partial charge in [-0.2, -0.15) is 0 Å². The molecule has 1 aliphatic rings. The summed E-state index contributed by atoms with van der Waals surface area (Å²) < 4.78 is 12.7. The molecule has 3 aromatic rings. The van der Waals surface area contributed by atoms with Gasteiger partial charge in [-0.05, 0) is 56.2 Å². The highest BCUT2D eigenvalue weighted by molar-refractivity contribution is 8.00. The van der Waals surface area contributed by atoms with E-state index in [9.17, 15) is 4.79 Å². The molecule has 7 nitrogen and oxygen atoms in total. The van der Waals surface area contributed by atoms with E-state index < -0.39 is 0 Å². The van der Waals surface area contributed by atoms with E-state index >= 15 is 0 Å². The number of aromatic nitrogens is 3. The van der Waals surface area contributed by atoms with E-state index in [0.29, 0.717) is 17.5 Å². The Balaban J connectivity index is 1.42. The summed E-state index contributed by atoms with van der Waals surface area (Å²) in [5, 5.41) is 11.8. The molecule has 150 valence electrons. The quantitative estimate of drug-likeness (QED) is 0.628. The third-order valence-electron chi connectivity index (χ3n) is 4.61. The number of thioether (sulfide) groups is 1. The lowest BCUT2D eigenvalue weighted by atomic mass is 10.2. The van der Waals surface area contributed by atoms with Gasteiger partial charge in [0.15, 0.2) is 16.7 Å². The molecule has 1 unspecified atom stereocenters. The summed E-state index contributed by atoms with van der Waals surface area (Å²) in [6, 6.07) is 13.8. The number of aryl methyl sites for hydroxylation is 2. The van der Waals surface area contributed by atoms with Crippen LogP contribution in [-0.2, 0) is 11.3 Å². The number of ether oxygens (including phenoxy) is 2. The number of nitrogens with one attached hydrogen (secondary N) is 1. The van der Waals surface area contributed by atoms with Gasteiger partial charge in [0.05, 0.1) is 5.25 Å². The summed E-state index contributed by atoms with van der Waals surface area (Å²) >= 11 is 1.39. The van der Waals surface area contributed by atoms with Gasteiger partial charge < -0.3 is 14.8 Å². The summed E-state index contributed by atoms with van der Waals surface area (Å²) in [5.74, 6) is 2.16. The third kappa shape index (κ3) is 4.22. The van der Waals surface area contributed by atoms with Crippen LogP contribution in [0.15, 0.2) is 47.6 Å². The Kier molecular flexibility index (Phi) is 5.44. The zero-order chi connectivity index (χ0) is 20.4. The molecule has 1 N–H and O–H groups in total. The van der Waals surface area contributed by atoms with Gasteiger partial charge in [-0.3, -0.25) is 9.36 Å². The first-order chi connectivity index (χ1) is 14.0. The monoisotopic (exact) mass is 410 g/mol. The molecule has 0 saturated carbocycles. The molecule has 0 fully saturated rings. The summed E-state index contributed by atoms with van der Waals surface area (Å²) in [6.07, 6.45) is 0. The molecule has 0 saturated heterocycles. The number of hydrogen-bond donors (Lipinski definition) is 1. The topological polar surface area (TPSA) is 78.3 Å². The zero-order valence-corrected chi connectivity index (χ0v) is 17.3. The van der Waals surface area contributed by atoms with E-state index in [1.54, 1.807) is 0 Å². The van der Waals surface area contributed by atoms with Crippen molar-refractivity contribution in [1.82, 2.24) is 20.1 Å². The van der Waals surface area contributed by atoms with Crippen LogP contribution in [0, 0.1) is 13.8 Å². The number of carbonyl (C=O) groups is 1. The van der Waals surface area contributed by atoms with Gasteiger partial charge in [0.2, 0.25) is 12.7 Å². The fourth-order valence-electron chi connectivity index (χ4n) is 3.08. The van der Waals surface area contributed by atoms with Crippen LogP contribution < -0.4 is 14.8 Å². The Morgan fingerprint density at radius 1 is 1.17 bits per heavy atom. The molecule has 4 rings (SSSR count). The van der Waals surface area contributed by atoms with Crippen molar-refractivity contribution < 1.29 is 14.3 Å². The van der Waals surface area contributed by atoms with E-state index in [1.807, 2.05) is 61.7 Å². The predicted molar refractivity (Wildman–Crippen MR) is 111 cm³/mol. The number of nitrogens with zero attached hydrogens (tertiary/aromatic N) is 3. The molecule has 1 amide bonds. The number of rotatable bonds is 6. The molecule has 2 heterocycles. The maximum absolute atomic E-state index is 12.6. The average molecular weight is 410 g/mol. The van der Waals surface area contributed by atoms with Crippen LogP contribution in [-0.4, -0.2) is 32.7 Å². The molecule has 1 aromatic heterocycles. The van der Waals surface area contributed by atoms with Crippen molar-refractivity contribution in [3.63, 3.8) is 0 Å². The second-order valence-corrected chi connectivity index (χ2v) is 8.18. The summed E-state index contributed by atoms with van der Waals surface area (Å²) in [6.45, 7) is 6.47. The molecule has 0 spiro atoms. The van der Waals surface area contributed by atoms with E-state index in [2.05, 4.69) is 21.6 Å². The van der Waals surface area contributed by atoms with Crippen molar-refractivity contribution in [3.05, 3.63) is 59.4 Å². The third-order valence-corrected chi connectivity index (χ3v) is 5.65. The van der Waals surface area contributed by atoms with Crippen LogP contribution in [0.5, 0.6) is 11.5 Å². The second kappa shape index (κ2) is 8.16. The second-order valence-electron chi connectivity index (χ2n) is 6.87. The number of amides is 1. The maximum atomic E-state index is 12.6. The summed E-state index contributed by atoms with van der Waals surface area (Å²) in [5.41, 5.74) is 3.10. The standard InChI is InChI=1S/C21H22N4O3S/c1-13-5-4-6-17(9-13)25-15(3)23-24-21(25)29-14(2)20(26)22-11-16-7-8-18-19(10-16)28-12-27-18/h4-10,14H,11-12H2,1-3H3,(H,22,26). The number of carbonyl (C=O) groups excluding carboxylic acids is 1. The van der Waals surface area contributed by atoms with Crippen LogP contribution in [0.1, 0.15) is 23.9 Å². The Labute approximate surface area is 173 Å². The molecule has 2 aromatic carbocycles. The smallest absolute Gasteiger partial charge is 0.233 e. The van der Waals surface area contributed by atoms with E-state index in [4.69, 9.17) is 9.47 Å². The molecule has 0 bridgehead atoms. The Bertz CT molecular complexity index is 1050. The van der Waals surface area contributed by atoms with Crippen molar-refractivity contribution >= 4 is 17.7 Å². The van der Waals surface area contributed by atoms with E-state index in [0.717, 1.165) is 28.4 Å². The summed E-state index contributed by atoms with van der Waals surface area (Å²) in [4.78, 5) is 12.6. The van der Waals surface area contributed by atoms with Gasteiger partial charge in [-0.15, -0.1) is 10.2 Å². The van der Waals surface area contributed by atoms with Crippen LogP contribution in [0.25, 0.3) is 5.69 Å². The van der Waals surface area contributed by atoms with Crippen molar-refractivity contribution in [2.45, 2.75) is 37.7 Å². The van der Waals surface area contributed by atoms with Gasteiger partial charge in [0, 0.05) is 12.2 Å². The molecule has 0 aliphatic carbocycles. The molecule has 29 heavy (non-hydrogen) atoms. The minimum absolute atomic E-state index is 0.0656. The van der Waals surface area contributed by atoms with Crippen LogP contribution >= 0.6 is 11.8 Å². The Morgan fingerprint density at radius 3 is 2.83 bits per heavy atom. The van der Waals surface area contributed by atoms with Gasteiger partial charge in [0.25, 0.3) is 0 Å². The molecule has 1 aliphatic heterocycles. The van der Waals surface area contributed by atoms with Gasteiger partial charge in [-0.25, -0.2) is 0 Å². The minimum atomic E-state index is -0.323. The molecular formula is C21H22N4O3S. The normalized spacial score (nSPS) is 13.3. The largest absolute Gasteiger partial charge is 0.454 e. The highest BCUT2D eigenvalue weighted by Crippen LogP contribution is 2.32. The Morgan fingerprint density at radius 2 is 2.00 bits per heavy atom. The SMILES string of the molecule is Cc1cccc(-n2c(C)nnc2SC(C)C(=O)NCc2ccc3c(c2)OCO3)c1. The lowest BCUT2D eigenvalue weighted by molar-refractivity contribution is -0.120. The lowest BCUT2D eigenvalue weighted by Gasteiger charge is -2.14. The summed E-state index contributed by atoms with van der Waals surface area (Å²) in [7, 11) is 0. The zero-order valence-electron chi connectivity index (χ0n) is 16.5. The first-order valence-electron chi connectivity index (χ1n) is 9.33. The van der Waals surface area contributed by atoms with Crippen LogP contribution in [0.4, 0.5) is 0 Å². The van der Waals surface area contributed by atoms with Crippen LogP contribution in [0.2, 0.25) is 0 Å². The molecule has 0 radical (unpaired) electrons. The fourth-order valence-corrected chi connectivity index (χ4v) is 4.02. The minimum Gasteiger partial charge on any atom is -0.454 e. The average Bonchev–Trinajstić information content (AvgIpc) is 3.32. The van der Waals surface area contributed by atoms with E-state index in [-0.39, 0.29) is 18.0 Å². The molecule has 1 atom stereocenters. The predicted octanol–water partition coefficient (Wildman–Crippen LogP) is 3.41. The van der Waals surface area contributed by atoms with Crippen molar-refractivity contribution in [2.24, 2.45) is 0 Å². The highest BCUT2D eigenvalue weighted by atomic mass is 32.2. The van der Waals surface area contributed by atoms with Crippen LogP contribution in [0.3, 0.4) is 0 Å². The maximum Gasteiger partial charge on any atom is 0.233 e. The number of fused-ring (bicyclic) bond motifs is 1. The first-order valence-corrected chi connectivity index (χ1v) is 10.2. The lowest BCUT2D eigenvalue weighted by Crippen LogP contribution is -2.30. The van der Waals surface area contributed by atoms with E-state index in [1.165, 1.54) is 11.8 Å². The van der Waals surface area contributed by atoms with Gasteiger partial charge in [0.1, 0.15) is 5.82 Å². The Hall–Kier alpha value is -3.00. The highest BCUT2D eigenvalue weighted by Gasteiger charge is 2.20. The van der Waals surface area contributed by atoms with Crippen molar-refractivity contribution in [3.8, 4) is 17.2 Å². The number of hydrogen-bond acceptors (Lipinski definition) is 6. The number of benzene rings is 2.